The number of nitrogens with zero attached hydrogens (tertiary/aromatic N) is 3. The number of esters is 1. The molecular formula is C50H78F4N4O16S2. The summed E-state index contributed by atoms with van der Waals surface area (Å²) in [6, 6.07) is 2.13. The largest absolute Gasteiger partial charge is 0.420 e. The first-order valence-electron chi connectivity index (χ1n) is 25.6. The fourth-order valence-electron chi connectivity index (χ4n) is 7.05. The van der Waals surface area contributed by atoms with E-state index < -0.39 is 56.4 Å². The molecule has 0 unspecified atom stereocenters. The topological polar surface area (TPSA) is 235 Å². The minimum absolute atomic E-state index is 0.0261. The number of carbonyl (C=O) groups is 2. The van der Waals surface area contributed by atoms with Gasteiger partial charge in [0.1, 0.15) is 5.84 Å². The summed E-state index contributed by atoms with van der Waals surface area (Å²) < 4.78 is 145. The van der Waals surface area contributed by atoms with Gasteiger partial charge in [-0.25, -0.2) is 13.8 Å². The molecule has 0 saturated heterocycles. The van der Waals surface area contributed by atoms with Crippen molar-refractivity contribution in [1.82, 2.24) is 9.80 Å². The molecule has 1 aromatic heterocycles. The Morgan fingerprint density at radius 1 is 0.632 bits per heavy atom. The lowest BCUT2D eigenvalue weighted by Gasteiger charge is -2.22. The van der Waals surface area contributed by atoms with Gasteiger partial charge in [0.05, 0.1) is 149 Å². The van der Waals surface area contributed by atoms with Crippen molar-refractivity contribution in [2.24, 2.45) is 10.7 Å². The quantitative estimate of drug-likeness (QED) is 0.0200. The molecular weight excluding hydrogens is 1050 g/mol. The maximum atomic E-state index is 14.0. The van der Waals surface area contributed by atoms with E-state index in [4.69, 9.17) is 57.7 Å². The zero-order valence-corrected chi connectivity index (χ0v) is 45.7. The molecule has 0 spiro atoms. The van der Waals surface area contributed by atoms with Gasteiger partial charge in [-0.05, 0) is 57.8 Å². The average molecular weight is 1130 g/mol. The lowest BCUT2D eigenvalue weighted by atomic mass is 10.1. The number of unbranched alkanes of at least 4 members (excludes halogenated alkanes) is 2. The molecule has 76 heavy (non-hydrogen) atoms. The van der Waals surface area contributed by atoms with Crippen LogP contribution in [0.5, 0.6) is 5.75 Å². The number of likely N-dealkylation sites (N-methyl/N-ethyl adjacent to an activating group) is 1. The van der Waals surface area contributed by atoms with E-state index in [9.17, 15) is 35.6 Å². The summed E-state index contributed by atoms with van der Waals surface area (Å²) in [4.78, 5) is 34.0. The van der Waals surface area contributed by atoms with Crippen LogP contribution in [0.25, 0.3) is 6.08 Å². The summed E-state index contributed by atoms with van der Waals surface area (Å²) in [7, 11) is -3.53. The molecule has 0 fully saturated rings. The van der Waals surface area contributed by atoms with E-state index in [1.807, 2.05) is 11.0 Å². The van der Waals surface area contributed by atoms with E-state index in [2.05, 4.69) is 41.6 Å². The number of amides is 1. The van der Waals surface area contributed by atoms with Gasteiger partial charge in [0.15, 0.2) is 16.5 Å². The SMILES string of the molecule is CCCN(CCC)C(=O)C1=Cc2sc(CCCCCN(C)CCOCCOCCOCCOCCOCCOCCOCCOCCOCCOCCC(=O)Oc3c(F)c(F)c(S(=O)(=O)O)c(F)c3F)cc2N=C(N)C1. The van der Waals surface area contributed by atoms with Crippen LogP contribution in [0, 0.1) is 23.3 Å². The third kappa shape index (κ3) is 27.2. The summed E-state index contributed by atoms with van der Waals surface area (Å²) in [5.74, 6) is -12.1. The van der Waals surface area contributed by atoms with Gasteiger partial charge in [0.2, 0.25) is 23.3 Å². The molecule has 1 aliphatic rings. The van der Waals surface area contributed by atoms with Crippen LogP contribution in [0.3, 0.4) is 0 Å². The van der Waals surface area contributed by atoms with E-state index in [0.717, 1.165) is 80.8 Å². The first kappa shape index (κ1) is 66.5. The second kappa shape index (κ2) is 39.6. The van der Waals surface area contributed by atoms with E-state index in [0.29, 0.717) is 111 Å². The van der Waals surface area contributed by atoms with E-state index >= 15 is 0 Å². The van der Waals surface area contributed by atoms with E-state index in [1.165, 1.54) is 4.88 Å². The van der Waals surface area contributed by atoms with Crippen LogP contribution in [0.1, 0.15) is 68.5 Å². The Kier molecular flexibility index (Phi) is 34.7. The van der Waals surface area contributed by atoms with Crippen molar-refractivity contribution in [2.75, 3.05) is 165 Å². The number of hydrogen-bond acceptors (Lipinski definition) is 19. The van der Waals surface area contributed by atoms with Crippen LogP contribution in [0.15, 0.2) is 21.5 Å². The monoisotopic (exact) mass is 1130 g/mol. The van der Waals surface area contributed by atoms with Gasteiger partial charge >= 0.3 is 16.1 Å². The number of thiophene rings is 1. The minimum Gasteiger partial charge on any atom is -0.420 e. The number of amidine groups is 1. The van der Waals surface area contributed by atoms with Gasteiger partial charge in [-0.2, -0.15) is 17.2 Å². The fraction of sp³-hybridized carbons (Fsp3) is 0.700. The Balaban J connectivity index is 0.995. The summed E-state index contributed by atoms with van der Waals surface area (Å²) in [5, 5.41) is 0. The molecule has 3 N–H and O–H groups in total. The maximum absolute atomic E-state index is 14.0. The zero-order chi connectivity index (χ0) is 55.4. The van der Waals surface area contributed by atoms with Gasteiger partial charge in [0.25, 0.3) is 0 Å². The van der Waals surface area contributed by atoms with Gasteiger partial charge in [-0.3, -0.25) is 14.1 Å². The van der Waals surface area contributed by atoms with Gasteiger partial charge in [0, 0.05) is 36.5 Å². The van der Waals surface area contributed by atoms with Crippen molar-refractivity contribution in [3.63, 3.8) is 0 Å². The molecule has 0 atom stereocenters. The number of hydrogen-bond donors (Lipinski definition) is 2. The highest BCUT2D eigenvalue weighted by Gasteiger charge is 2.34. The van der Waals surface area contributed by atoms with Crippen molar-refractivity contribution >= 4 is 50.9 Å². The normalized spacial score (nSPS) is 12.8. The number of benzene rings is 1. The highest BCUT2D eigenvalue weighted by atomic mass is 32.2. The number of rotatable bonds is 46. The van der Waals surface area contributed by atoms with Crippen LogP contribution in [0.2, 0.25) is 0 Å². The van der Waals surface area contributed by atoms with E-state index in [-0.39, 0.29) is 38.9 Å². The number of carbonyl (C=O) groups excluding carboxylic acids is 2. The maximum Gasteiger partial charge on any atom is 0.313 e. The Hall–Kier alpha value is -3.74. The second-order valence-electron chi connectivity index (χ2n) is 17.1. The molecule has 20 nitrogen and oxygen atoms in total. The number of halogens is 4. The van der Waals surface area contributed by atoms with Gasteiger partial charge in [-0.1, -0.05) is 20.3 Å². The molecule has 2 aromatic rings. The predicted molar refractivity (Wildman–Crippen MR) is 275 cm³/mol. The smallest absolute Gasteiger partial charge is 0.313 e. The molecule has 0 bridgehead atoms. The predicted octanol–water partition coefficient (Wildman–Crippen LogP) is 5.78. The van der Waals surface area contributed by atoms with Crippen molar-refractivity contribution in [1.29, 1.82) is 0 Å². The first-order chi connectivity index (χ1) is 36.7. The molecule has 3 rings (SSSR count). The van der Waals surface area contributed by atoms with Crippen LogP contribution in [-0.4, -0.2) is 206 Å². The Bertz CT molecular complexity index is 2120. The van der Waals surface area contributed by atoms with Crippen molar-refractivity contribution < 1.29 is 92.2 Å². The highest BCUT2D eigenvalue weighted by molar-refractivity contribution is 7.85. The van der Waals surface area contributed by atoms with Gasteiger partial charge < -0.3 is 67.6 Å². The number of fused-ring (bicyclic) bond motifs is 1. The van der Waals surface area contributed by atoms with E-state index in [1.54, 1.807) is 11.3 Å². The summed E-state index contributed by atoms with van der Waals surface area (Å²) in [5.41, 5.74) is 7.83. The number of aliphatic imine (C=N–C) groups is 1. The Morgan fingerprint density at radius 3 is 1.50 bits per heavy atom. The summed E-state index contributed by atoms with van der Waals surface area (Å²) in [6.07, 6.45) is 7.95. The molecule has 434 valence electrons. The fourth-order valence-corrected chi connectivity index (χ4v) is 8.80. The van der Waals surface area contributed by atoms with Crippen LogP contribution >= 0.6 is 11.3 Å². The second-order valence-corrected chi connectivity index (χ2v) is 19.6. The molecule has 1 aromatic carbocycles. The Morgan fingerprint density at radius 2 is 1.07 bits per heavy atom. The number of aryl methyl sites for hydroxylation is 1. The van der Waals surface area contributed by atoms with Crippen molar-refractivity contribution in [3.8, 4) is 5.75 Å². The third-order valence-corrected chi connectivity index (χ3v) is 12.8. The van der Waals surface area contributed by atoms with Gasteiger partial charge in [-0.15, -0.1) is 11.3 Å². The van der Waals surface area contributed by atoms with Crippen molar-refractivity contribution in [2.45, 2.75) is 70.1 Å². The summed E-state index contributed by atoms with van der Waals surface area (Å²) in [6.45, 7) is 14.5. The lowest BCUT2D eigenvalue weighted by Crippen LogP contribution is -2.34. The lowest BCUT2D eigenvalue weighted by molar-refractivity contribution is -0.136. The third-order valence-electron chi connectivity index (χ3n) is 10.8. The van der Waals surface area contributed by atoms with Crippen LogP contribution in [0.4, 0.5) is 23.2 Å². The molecule has 2 heterocycles. The number of ether oxygens (including phenoxy) is 11. The minimum atomic E-state index is -5.64. The molecule has 1 amide bonds. The molecule has 0 radical (unpaired) electrons. The Labute approximate surface area is 448 Å². The number of nitrogens with two attached hydrogens (primary N) is 1. The molecule has 0 saturated carbocycles. The highest BCUT2D eigenvalue weighted by Crippen LogP contribution is 2.36. The zero-order valence-electron chi connectivity index (χ0n) is 44.1. The molecule has 0 aliphatic carbocycles. The van der Waals surface area contributed by atoms with Crippen LogP contribution in [-0.2, 0) is 73.5 Å². The standard InChI is InChI=1S/C50H78F4N4O16S2/c1-4-11-58(12-5-2)50(60)38-35-41-40(56-42(55)36-38)37-39(75-41)9-7-6-8-13-57(3)14-16-65-18-20-67-22-24-69-26-28-71-30-32-73-34-33-72-31-29-70-27-25-68-23-21-66-19-17-64-15-10-43(59)74-48-44(51)46(53)49(76(61,62)63)47(54)45(48)52/h35,37H,4-34,36H2,1-3H3,(H2,55,56)(H,61,62,63). The molecule has 26 heteroatoms. The van der Waals surface area contributed by atoms with Crippen LogP contribution < -0.4 is 10.5 Å². The summed E-state index contributed by atoms with van der Waals surface area (Å²) >= 11 is 1.71. The average Bonchev–Trinajstić information content (AvgIpc) is 3.67. The first-order valence-corrected chi connectivity index (χ1v) is 27.9. The molecule has 1 aliphatic heterocycles. The van der Waals surface area contributed by atoms with Crippen molar-refractivity contribution in [3.05, 3.63) is 44.7 Å².